The minimum absolute atomic E-state index is 0.0849. The lowest BCUT2D eigenvalue weighted by Crippen LogP contribution is -2.35. The zero-order chi connectivity index (χ0) is 20.5. The van der Waals surface area contributed by atoms with Gasteiger partial charge in [-0.2, -0.15) is 0 Å². The van der Waals surface area contributed by atoms with E-state index in [-0.39, 0.29) is 5.56 Å². The molecule has 0 unspecified atom stereocenters. The van der Waals surface area contributed by atoms with Crippen LogP contribution in [0.2, 0.25) is 0 Å². The van der Waals surface area contributed by atoms with Crippen molar-refractivity contribution in [1.29, 1.82) is 0 Å². The summed E-state index contributed by atoms with van der Waals surface area (Å²) in [5, 5.41) is 0. The number of nitrogens with one attached hydrogen (secondary N) is 1. The van der Waals surface area contributed by atoms with Crippen LogP contribution in [0.25, 0.3) is 22.8 Å². The van der Waals surface area contributed by atoms with Gasteiger partial charge in [-0.15, -0.1) is 0 Å². The van der Waals surface area contributed by atoms with Crippen LogP contribution in [0.1, 0.15) is 22.7 Å². The topological polar surface area (TPSA) is 87.9 Å². The van der Waals surface area contributed by atoms with Crippen LogP contribution < -0.4 is 5.56 Å². The van der Waals surface area contributed by atoms with Crippen LogP contribution in [0.3, 0.4) is 0 Å². The Morgan fingerprint density at radius 2 is 1.87 bits per heavy atom. The Labute approximate surface area is 173 Å². The number of aryl methyl sites for hydroxylation is 1. The molecule has 3 aromatic heterocycles. The molecule has 1 N–H and O–H groups in total. The number of fused-ring (bicyclic) bond motifs is 1. The molecule has 4 aromatic rings. The summed E-state index contributed by atoms with van der Waals surface area (Å²) in [6, 6.07) is 13.6. The summed E-state index contributed by atoms with van der Waals surface area (Å²) in [5.41, 5.74) is 4.22. The molecule has 0 spiro atoms. The van der Waals surface area contributed by atoms with Crippen molar-refractivity contribution in [1.82, 2.24) is 24.8 Å². The van der Waals surface area contributed by atoms with Crippen LogP contribution in [0.5, 0.6) is 0 Å². The Hall–Kier alpha value is -3.58. The van der Waals surface area contributed by atoms with Crippen molar-refractivity contribution < 1.29 is 4.42 Å². The molecule has 0 amide bonds. The highest BCUT2D eigenvalue weighted by Crippen LogP contribution is 2.24. The van der Waals surface area contributed by atoms with Gasteiger partial charge in [0.05, 0.1) is 17.0 Å². The van der Waals surface area contributed by atoms with E-state index in [1.54, 1.807) is 12.4 Å². The first-order valence-corrected chi connectivity index (χ1v) is 9.94. The van der Waals surface area contributed by atoms with Crippen molar-refractivity contribution in [2.45, 2.75) is 26.4 Å². The first kappa shape index (κ1) is 18.4. The molecule has 0 saturated carbocycles. The Bertz CT molecular complexity index is 1230. The largest absolute Gasteiger partial charge is 0.441 e. The lowest BCUT2D eigenvalue weighted by atomic mass is 10.1. The molecule has 0 atom stereocenters. The van der Waals surface area contributed by atoms with Crippen molar-refractivity contribution in [3.8, 4) is 22.8 Å². The molecule has 0 saturated heterocycles. The summed E-state index contributed by atoms with van der Waals surface area (Å²) in [7, 11) is 0. The average molecular weight is 399 g/mol. The van der Waals surface area contributed by atoms with E-state index in [9.17, 15) is 4.79 Å². The van der Waals surface area contributed by atoms with Gasteiger partial charge in [-0.05, 0) is 31.2 Å². The van der Waals surface area contributed by atoms with Crippen LogP contribution in [0, 0.1) is 6.92 Å². The molecule has 1 aliphatic rings. The zero-order valence-corrected chi connectivity index (χ0v) is 16.6. The molecule has 5 rings (SSSR count). The van der Waals surface area contributed by atoms with Gasteiger partial charge in [0, 0.05) is 49.6 Å². The van der Waals surface area contributed by atoms with E-state index in [0.717, 1.165) is 46.8 Å². The minimum atomic E-state index is -0.0849. The summed E-state index contributed by atoms with van der Waals surface area (Å²) in [6.45, 7) is 3.92. The van der Waals surface area contributed by atoms with E-state index >= 15 is 0 Å². The number of nitrogens with zero attached hydrogens (tertiary/aromatic N) is 4. The standard InChI is InChI=1S/C23H21N5O2/c1-15-20(26-23(30-15)17-5-3-2-4-6-17)14-28-12-9-19-18(13-28)22(29)27-21(25-19)16-7-10-24-11-8-16/h2-8,10-11H,9,12-14H2,1H3,(H,25,27,29). The van der Waals surface area contributed by atoms with Gasteiger partial charge >= 0.3 is 0 Å². The van der Waals surface area contributed by atoms with Gasteiger partial charge in [0.1, 0.15) is 11.6 Å². The van der Waals surface area contributed by atoms with Gasteiger partial charge in [0.25, 0.3) is 5.56 Å². The van der Waals surface area contributed by atoms with E-state index in [1.165, 1.54) is 0 Å². The number of hydrogen-bond acceptors (Lipinski definition) is 6. The monoisotopic (exact) mass is 399 g/mol. The fraction of sp³-hybridized carbons (Fsp3) is 0.217. The average Bonchev–Trinajstić information content (AvgIpc) is 3.15. The molecular weight excluding hydrogens is 378 g/mol. The molecule has 4 heterocycles. The number of aromatic nitrogens is 4. The molecule has 0 bridgehead atoms. The third-order valence-electron chi connectivity index (χ3n) is 5.39. The molecule has 30 heavy (non-hydrogen) atoms. The van der Waals surface area contributed by atoms with Crippen molar-refractivity contribution in [2.24, 2.45) is 0 Å². The third kappa shape index (κ3) is 3.55. The summed E-state index contributed by atoms with van der Waals surface area (Å²) in [4.78, 5) is 31.3. The second kappa shape index (κ2) is 7.68. The van der Waals surface area contributed by atoms with Gasteiger partial charge in [0.2, 0.25) is 5.89 Å². The molecule has 7 nitrogen and oxygen atoms in total. The first-order chi connectivity index (χ1) is 14.7. The molecule has 1 aromatic carbocycles. The smallest absolute Gasteiger partial charge is 0.255 e. The SMILES string of the molecule is Cc1oc(-c2ccccc2)nc1CN1CCc2nc(-c3ccncc3)[nH]c(=O)c2C1. The lowest BCUT2D eigenvalue weighted by molar-refractivity contribution is 0.238. The predicted octanol–water partition coefficient (Wildman–Crippen LogP) is 3.35. The number of H-pyrrole nitrogens is 1. The van der Waals surface area contributed by atoms with Gasteiger partial charge in [0.15, 0.2) is 0 Å². The van der Waals surface area contributed by atoms with Crippen LogP contribution in [0.15, 0.2) is 64.1 Å². The minimum Gasteiger partial charge on any atom is -0.441 e. The van der Waals surface area contributed by atoms with Crippen molar-refractivity contribution >= 4 is 0 Å². The van der Waals surface area contributed by atoms with Crippen molar-refractivity contribution in [3.63, 3.8) is 0 Å². The van der Waals surface area contributed by atoms with Crippen LogP contribution in [-0.2, 0) is 19.5 Å². The highest BCUT2D eigenvalue weighted by molar-refractivity contribution is 5.54. The van der Waals surface area contributed by atoms with E-state index in [1.807, 2.05) is 49.4 Å². The maximum absolute atomic E-state index is 12.7. The molecular formula is C23H21N5O2. The third-order valence-corrected chi connectivity index (χ3v) is 5.39. The normalized spacial score (nSPS) is 13.9. The molecule has 150 valence electrons. The number of rotatable bonds is 4. The predicted molar refractivity (Wildman–Crippen MR) is 113 cm³/mol. The summed E-state index contributed by atoms with van der Waals surface area (Å²) >= 11 is 0. The second-order valence-corrected chi connectivity index (χ2v) is 7.42. The van der Waals surface area contributed by atoms with Crippen LogP contribution in [0.4, 0.5) is 0 Å². The Morgan fingerprint density at radius 1 is 1.07 bits per heavy atom. The Balaban J connectivity index is 1.37. The van der Waals surface area contributed by atoms with Crippen molar-refractivity contribution in [2.75, 3.05) is 6.54 Å². The van der Waals surface area contributed by atoms with Crippen molar-refractivity contribution in [3.05, 3.63) is 87.9 Å². The highest BCUT2D eigenvalue weighted by Gasteiger charge is 2.23. The first-order valence-electron chi connectivity index (χ1n) is 9.94. The Morgan fingerprint density at radius 3 is 2.67 bits per heavy atom. The summed E-state index contributed by atoms with van der Waals surface area (Å²) in [6.07, 6.45) is 4.11. The second-order valence-electron chi connectivity index (χ2n) is 7.42. The number of aromatic amines is 1. The molecule has 0 radical (unpaired) electrons. The molecule has 1 aliphatic heterocycles. The summed E-state index contributed by atoms with van der Waals surface area (Å²) < 4.78 is 5.88. The van der Waals surface area contributed by atoms with Gasteiger partial charge in [-0.3, -0.25) is 14.7 Å². The van der Waals surface area contributed by atoms with E-state index < -0.39 is 0 Å². The van der Waals surface area contributed by atoms with E-state index in [4.69, 9.17) is 14.4 Å². The zero-order valence-electron chi connectivity index (χ0n) is 16.6. The van der Waals surface area contributed by atoms with Crippen LogP contribution in [-0.4, -0.2) is 31.4 Å². The fourth-order valence-electron chi connectivity index (χ4n) is 3.75. The van der Waals surface area contributed by atoms with Gasteiger partial charge in [-0.1, -0.05) is 18.2 Å². The molecule has 7 heteroatoms. The van der Waals surface area contributed by atoms with Gasteiger partial charge in [-0.25, -0.2) is 9.97 Å². The Kier molecular flexibility index (Phi) is 4.72. The van der Waals surface area contributed by atoms with E-state index in [0.29, 0.717) is 24.8 Å². The number of hydrogen-bond donors (Lipinski definition) is 1. The fourth-order valence-corrected chi connectivity index (χ4v) is 3.75. The van der Waals surface area contributed by atoms with E-state index in [2.05, 4.69) is 14.9 Å². The molecule has 0 aliphatic carbocycles. The maximum atomic E-state index is 12.7. The maximum Gasteiger partial charge on any atom is 0.255 e. The quantitative estimate of drug-likeness (QED) is 0.566. The number of benzene rings is 1. The number of pyridine rings is 1. The van der Waals surface area contributed by atoms with Crippen LogP contribution >= 0.6 is 0 Å². The summed E-state index contributed by atoms with van der Waals surface area (Å²) in [5.74, 6) is 2.02. The highest BCUT2D eigenvalue weighted by atomic mass is 16.4. The lowest BCUT2D eigenvalue weighted by Gasteiger charge is -2.27. The number of oxazole rings is 1. The van der Waals surface area contributed by atoms with Gasteiger partial charge < -0.3 is 9.40 Å². The molecule has 0 fully saturated rings.